The van der Waals surface area contributed by atoms with E-state index in [-0.39, 0.29) is 53.2 Å². The molecule has 0 fully saturated rings. The van der Waals surface area contributed by atoms with Gasteiger partial charge in [-0.1, -0.05) is 27.7 Å². The molecular weight excluding hydrogens is 510 g/mol. The molecule has 0 aliphatic heterocycles. The Morgan fingerprint density at radius 2 is 1.23 bits per heavy atom. The van der Waals surface area contributed by atoms with Crippen LogP contribution in [0.4, 0.5) is 0 Å². The van der Waals surface area contributed by atoms with E-state index < -0.39 is 5.69 Å². The average Bonchev–Trinajstić information content (AvgIpc) is 2.87. The number of pyridine rings is 1. The summed E-state index contributed by atoms with van der Waals surface area (Å²) in [6.45, 7) is 13.5. The van der Waals surface area contributed by atoms with Crippen molar-refractivity contribution in [2.24, 2.45) is 21.1 Å². The Morgan fingerprint density at radius 3 is 1.80 bits per heavy atom. The third kappa shape index (κ3) is 5.62. The summed E-state index contributed by atoms with van der Waals surface area (Å²) >= 11 is 0. The average molecular weight is 554 g/mol. The zero-order chi connectivity index (χ0) is 30.2. The van der Waals surface area contributed by atoms with Crippen LogP contribution in [0.2, 0.25) is 0 Å². The molecule has 0 radical (unpaired) electrons. The summed E-state index contributed by atoms with van der Waals surface area (Å²) in [5.74, 6) is -0.503. The molecule has 0 aromatic carbocycles. The van der Waals surface area contributed by atoms with Gasteiger partial charge < -0.3 is 13.7 Å². The molecule has 3 rings (SSSR count). The van der Waals surface area contributed by atoms with Gasteiger partial charge in [-0.15, -0.1) is 0 Å². The minimum Gasteiger partial charge on any atom is -0.316 e. The molecule has 2 atom stereocenters. The van der Waals surface area contributed by atoms with Crippen LogP contribution in [0.3, 0.4) is 0 Å². The first-order chi connectivity index (χ1) is 18.6. The van der Waals surface area contributed by atoms with Crippen LogP contribution in [0.5, 0.6) is 0 Å². The second kappa shape index (κ2) is 11.8. The van der Waals surface area contributed by atoms with Crippen molar-refractivity contribution in [1.29, 1.82) is 0 Å². The lowest BCUT2D eigenvalue weighted by molar-refractivity contribution is 0.488. The van der Waals surface area contributed by atoms with Gasteiger partial charge in [0.1, 0.15) is 0 Å². The highest BCUT2D eigenvalue weighted by Gasteiger charge is 2.21. The van der Waals surface area contributed by atoms with Crippen molar-refractivity contribution in [3.63, 3.8) is 0 Å². The van der Waals surface area contributed by atoms with E-state index >= 15 is 0 Å². The highest BCUT2D eigenvalue weighted by atomic mass is 16.2. The predicted molar refractivity (Wildman–Crippen MR) is 158 cm³/mol. The van der Waals surface area contributed by atoms with Crippen LogP contribution in [-0.4, -0.2) is 22.8 Å². The van der Waals surface area contributed by atoms with E-state index in [4.69, 9.17) is 0 Å². The first-order valence-electron chi connectivity index (χ1n) is 13.9. The largest absolute Gasteiger partial charge is 0.330 e. The summed E-state index contributed by atoms with van der Waals surface area (Å²) in [5, 5.41) is 0. The maximum Gasteiger partial charge on any atom is 0.330 e. The van der Waals surface area contributed by atoms with Crippen LogP contribution in [0.25, 0.3) is 0 Å². The maximum atomic E-state index is 13.5. The number of nitrogens with zero attached hydrogens (tertiary/aromatic N) is 5. The molecule has 0 spiro atoms. The molecule has 10 heteroatoms. The normalized spacial score (nSPS) is 13.2. The van der Waals surface area contributed by atoms with E-state index in [2.05, 4.69) is 0 Å². The fourth-order valence-electron chi connectivity index (χ4n) is 5.58. The van der Waals surface area contributed by atoms with Crippen LogP contribution in [0.15, 0.2) is 36.2 Å². The SMILES string of the molecule is Cc1cc(C)n(C)c(=O)c1C(C)CCn1c(=O)c(C(C)CCn2c(=O)c(C(C)C)c(C)n(C)c2=O)cn(C)c1=O. The third-order valence-corrected chi connectivity index (χ3v) is 8.33. The number of hydrogen-bond donors (Lipinski definition) is 0. The molecule has 10 nitrogen and oxygen atoms in total. The van der Waals surface area contributed by atoms with E-state index in [1.54, 1.807) is 38.8 Å². The molecule has 0 saturated carbocycles. The quantitative estimate of drug-likeness (QED) is 0.405. The second-order valence-electron chi connectivity index (χ2n) is 11.5. The van der Waals surface area contributed by atoms with Crippen LogP contribution in [0, 0.1) is 20.8 Å². The Hall–Kier alpha value is -3.69. The molecule has 0 saturated heterocycles. The molecular formula is C30H43N5O5. The van der Waals surface area contributed by atoms with Crippen molar-refractivity contribution in [2.45, 2.75) is 92.2 Å². The summed E-state index contributed by atoms with van der Waals surface area (Å²) in [7, 11) is 5.00. The smallest absolute Gasteiger partial charge is 0.316 e. The fraction of sp³-hybridized carbons (Fsp3) is 0.567. The summed E-state index contributed by atoms with van der Waals surface area (Å²) in [4.78, 5) is 65.4. The molecule has 3 aromatic heterocycles. The van der Waals surface area contributed by atoms with Crippen LogP contribution in [0.1, 0.15) is 91.9 Å². The van der Waals surface area contributed by atoms with E-state index in [0.29, 0.717) is 35.2 Å². The van der Waals surface area contributed by atoms with Crippen LogP contribution in [-0.2, 0) is 34.2 Å². The van der Waals surface area contributed by atoms with E-state index in [0.717, 1.165) is 11.3 Å². The molecule has 2 unspecified atom stereocenters. The summed E-state index contributed by atoms with van der Waals surface area (Å²) in [6.07, 6.45) is 2.36. The van der Waals surface area contributed by atoms with Crippen LogP contribution < -0.4 is 28.1 Å². The van der Waals surface area contributed by atoms with Gasteiger partial charge in [-0.3, -0.25) is 23.5 Å². The van der Waals surface area contributed by atoms with Crippen molar-refractivity contribution in [2.75, 3.05) is 0 Å². The van der Waals surface area contributed by atoms with Crippen LogP contribution >= 0.6 is 0 Å². The highest BCUT2D eigenvalue weighted by Crippen LogP contribution is 2.21. The lowest BCUT2D eigenvalue weighted by atomic mass is 9.94. The first-order valence-corrected chi connectivity index (χ1v) is 13.9. The lowest BCUT2D eigenvalue weighted by Crippen LogP contribution is -2.43. The Balaban J connectivity index is 1.91. The van der Waals surface area contributed by atoms with Gasteiger partial charge in [-0.05, 0) is 63.0 Å². The Bertz CT molecular complexity index is 1730. The zero-order valence-corrected chi connectivity index (χ0v) is 25.5. The Morgan fingerprint density at radius 1 is 0.675 bits per heavy atom. The molecule has 0 aliphatic rings. The summed E-state index contributed by atoms with van der Waals surface area (Å²) < 4.78 is 6.96. The molecule has 3 aromatic rings. The van der Waals surface area contributed by atoms with Crippen molar-refractivity contribution in [1.82, 2.24) is 22.8 Å². The molecule has 0 bridgehead atoms. The van der Waals surface area contributed by atoms with E-state index in [1.165, 1.54) is 18.3 Å². The van der Waals surface area contributed by atoms with Crippen molar-refractivity contribution in [3.05, 3.63) is 97.9 Å². The summed E-state index contributed by atoms with van der Waals surface area (Å²) in [5.41, 5.74) is 2.60. The fourth-order valence-corrected chi connectivity index (χ4v) is 5.58. The standard InChI is InChI=1S/C30H43N5O5/c1-17(2)24-22(7)33(10)30(40)35(28(24)38)13-11-18(3)23-16-31(8)29(39)34(26(23)36)14-12-19(4)25-20(5)15-21(6)32(9)27(25)37/h15-19H,11-14H2,1-10H3. The highest BCUT2D eigenvalue weighted by molar-refractivity contribution is 5.29. The molecule has 0 N–H and O–H groups in total. The molecule has 3 heterocycles. The first kappa shape index (κ1) is 30.8. The molecule has 0 amide bonds. The van der Waals surface area contributed by atoms with Gasteiger partial charge in [0.05, 0.1) is 0 Å². The number of rotatable bonds is 9. The topological polar surface area (TPSA) is 110 Å². The zero-order valence-electron chi connectivity index (χ0n) is 25.5. The second-order valence-corrected chi connectivity index (χ2v) is 11.5. The molecule has 0 aliphatic carbocycles. The monoisotopic (exact) mass is 553 g/mol. The van der Waals surface area contributed by atoms with Gasteiger partial charge in [-0.2, -0.15) is 0 Å². The maximum absolute atomic E-state index is 13.5. The van der Waals surface area contributed by atoms with Crippen molar-refractivity contribution < 1.29 is 0 Å². The van der Waals surface area contributed by atoms with E-state index in [9.17, 15) is 24.0 Å². The predicted octanol–water partition coefficient (Wildman–Crippen LogP) is 2.54. The van der Waals surface area contributed by atoms with Gasteiger partial charge in [0, 0.05) is 68.5 Å². The van der Waals surface area contributed by atoms with E-state index in [1.807, 2.05) is 47.6 Å². The van der Waals surface area contributed by atoms with Crippen molar-refractivity contribution >= 4 is 0 Å². The van der Waals surface area contributed by atoms with Gasteiger partial charge in [-0.25, -0.2) is 9.59 Å². The summed E-state index contributed by atoms with van der Waals surface area (Å²) in [6, 6.07) is 1.97. The number of aromatic nitrogens is 5. The molecule has 40 heavy (non-hydrogen) atoms. The number of hydrogen-bond acceptors (Lipinski definition) is 5. The van der Waals surface area contributed by atoms with Gasteiger partial charge in [0.2, 0.25) is 0 Å². The minimum absolute atomic E-state index is 0.0369. The van der Waals surface area contributed by atoms with Gasteiger partial charge in [0.15, 0.2) is 0 Å². The Kier molecular flexibility index (Phi) is 9.11. The number of aryl methyl sites for hydroxylation is 3. The van der Waals surface area contributed by atoms with Crippen molar-refractivity contribution in [3.8, 4) is 0 Å². The van der Waals surface area contributed by atoms with Gasteiger partial charge in [0.25, 0.3) is 16.7 Å². The van der Waals surface area contributed by atoms with Gasteiger partial charge >= 0.3 is 11.4 Å². The lowest BCUT2D eigenvalue weighted by Gasteiger charge is -2.19. The Labute approximate surface area is 234 Å². The molecule has 218 valence electrons. The minimum atomic E-state index is -0.424. The third-order valence-electron chi connectivity index (χ3n) is 8.33.